The van der Waals surface area contributed by atoms with Crippen molar-refractivity contribution in [1.29, 1.82) is 0 Å². The lowest BCUT2D eigenvalue weighted by atomic mass is 10.1. The van der Waals surface area contributed by atoms with E-state index in [1.54, 1.807) is 12.1 Å². The molecule has 0 spiro atoms. The van der Waals surface area contributed by atoms with Gasteiger partial charge in [0.25, 0.3) is 0 Å². The van der Waals surface area contributed by atoms with Crippen molar-refractivity contribution >= 4 is 17.6 Å². The van der Waals surface area contributed by atoms with Gasteiger partial charge in [-0.25, -0.2) is 0 Å². The average Bonchev–Trinajstić information content (AvgIpc) is 2.29. The van der Waals surface area contributed by atoms with Crippen molar-refractivity contribution < 1.29 is 5.11 Å². The summed E-state index contributed by atoms with van der Waals surface area (Å²) >= 11 is 0. The molecule has 0 amide bonds. The normalized spacial score (nSPS) is 10.5. The van der Waals surface area contributed by atoms with Gasteiger partial charge in [-0.3, -0.25) is 4.79 Å². The van der Waals surface area contributed by atoms with Crippen molar-refractivity contribution in [2.24, 2.45) is 4.99 Å². The molecule has 0 bridgehead atoms. The maximum atomic E-state index is 11.2. The highest BCUT2D eigenvalue weighted by atomic mass is 16.3. The number of aromatic hydroxyl groups is 1. The lowest BCUT2D eigenvalue weighted by Gasteiger charge is -2.06. The highest BCUT2D eigenvalue weighted by Crippen LogP contribution is 2.24. The van der Waals surface area contributed by atoms with E-state index < -0.39 is 0 Å². The molecule has 2 rings (SSSR count). The van der Waals surface area contributed by atoms with Crippen molar-refractivity contribution in [2.75, 3.05) is 6.54 Å². The Kier molecular flexibility index (Phi) is 2.72. The lowest BCUT2D eigenvalue weighted by Crippen LogP contribution is -2.04. The van der Waals surface area contributed by atoms with Crippen LogP contribution in [0.5, 0.6) is 5.75 Å². The number of hydrogen-bond donors (Lipinski definition) is 2. The molecular weight excluding hydrogens is 204 g/mol. The number of hydrogen-bond acceptors (Lipinski definition) is 3. The van der Waals surface area contributed by atoms with E-state index in [4.69, 9.17) is 0 Å². The molecule has 1 aromatic carbocycles. The standard InChI is InChI=1S/C12H12N2O2/c1-13-7-6-8-2-4-10(15)12-9(8)3-5-11(16)14-12/h2-5,15H,1,6-7H2,(H,14,16). The van der Waals surface area contributed by atoms with Crippen LogP contribution in [0.25, 0.3) is 10.9 Å². The van der Waals surface area contributed by atoms with Gasteiger partial charge in [0.05, 0.1) is 5.52 Å². The molecule has 0 atom stereocenters. The number of aromatic nitrogens is 1. The first-order valence-electron chi connectivity index (χ1n) is 4.99. The van der Waals surface area contributed by atoms with Crippen LogP contribution in [-0.2, 0) is 6.42 Å². The number of pyridine rings is 1. The molecule has 82 valence electrons. The van der Waals surface area contributed by atoms with Crippen LogP contribution >= 0.6 is 0 Å². The number of benzene rings is 1. The van der Waals surface area contributed by atoms with Crippen LogP contribution in [0.4, 0.5) is 0 Å². The van der Waals surface area contributed by atoms with Crippen LogP contribution in [0.1, 0.15) is 5.56 Å². The molecule has 0 saturated carbocycles. The Hall–Kier alpha value is -2.10. The van der Waals surface area contributed by atoms with Crippen LogP contribution in [0, 0.1) is 0 Å². The number of phenolic OH excluding ortho intramolecular Hbond substituents is 1. The Morgan fingerprint density at radius 1 is 1.31 bits per heavy atom. The predicted octanol–water partition coefficient (Wildman–Crippen LogP) is 1.48. The number of rotatable bonds is 3. The summed E-state index contributed by atoms with van der Waals surface area (Å²) in [5.41, 5.74) is 1.30. The summed E-state index contributed by atoms with van der Waals surface area (Å²) in [6, 6.07) is 6.58. The summed E-state index contributed by atoms with van der Waals surface area (Å²) in [5, 5.41) is 10.5. The summed E-state index contributed by atoms with van der Waals surface area (Å²) in [6.07, 6.45) is 0.742. The number of nitrogens with one attached hydrogen (secondary N) is 1. The van der Waals surface area contributed by atoms with E-state index in [1.165, 1.54) is 6.07 Å². The minimum Gasteiger partial charge on any atom is -0.506 e. The van der Waals surface area contributed by atoms with Gasteiger partial charge in [0.15, 0.2) is 0 Å². The second kappa shape index (κ2) is 4.18. The number of H-pyrrole nitrogens is 1. The summed E-state index contributed by atoms with van der Waals surface area (Å²) in [5.74, 6) is 0.0861. The molecule has 0 radical (unpaired) electrons. The molecule has 0 aliphatic carbocycles. The van der Waals surface area contributed by atoms with E-state index >= 15 is 0 Å². The van der Waals surface area contributed by atoms with Crippen LogP contribution in [0.15, 0.2) is 34.1 Å². The third-order valence-corrected chi connectivity index (χ3v) is 2.50. The SMILES string of the molecule is C=NCCc1ccc(O)c2[nH]c(=O)ccc12. The Morgan fingerprint density at radius 3 is 2.88 bits per heavy atom. The smallest absolute Gasteiger partial charge is 0.248 e. The van der Waals surface area contributed by atoms with E-state index in [0.29, 0.717) is 12.1 Å². The monoisotopic (exact) mass is 216 g/mol. The molecule has 2 N–H and O–H groups in total. The highest BCUT2D eigenvalue weighted by molar-refractivity contribution is 5.87. The zero-order valence-corrected chi connectivity index (χ0v) is 8.73. The van der Waals surface area contributed by atoms with Crippen molar-refractivity contribution in [3.8, 4) is 5.75 Å². The van der Waals surface area contributed by atoms with Crippen LogP contribution in [-0.4, -0.2) is 23.4 Å². The van der Waals surface area contributed by atoms with Gasteiger partial charge in [0, 0.05) is 18.0 Å². The molecule has 4 heteroatoms. The number of aromatic amines is 1. The van der Waals surface area contributed by atoms with Gasteiger partial charge in [-0.1, -0.05) is 6.07 Å². The van der Waals surface area contributed by atoms with Gasteiger partial charge >= 0.3 is 0 Å². The van der Waals surface area contributed by atoms with Gasteiger partial charge in [-0.2, -0.15) is 0 Å². The molecular formula is C12H12N2O2. The van der Waals surface area contributed by atoms with Crippen molar-refractivity contribution in [1.82, 2.24) is 4.98 Å². The van der Waals surface area contributed by atoms with E-state index in [-0.39, 0.29) is 11.3 Å². The molecule has 4 nitrogen and oxygen atoms in total. The third kappa shape index (κ3) is 1.82. The fraction of sp³-hybridized carbons (Fsp3) is 0.167. The van der Waals surface area contributed by atoms with Crippen LogP contribution in [0.2, 0.25) is 0 Å². The summed E-state index contributed by atoms with van der Waals surface area (Å²) in [4.78, 5) is 17.6. The molecule has 1 aromatic heterocycles. The minimum absolute atomic E-state index is 0.0861. The Labute approximate surface area is 92.3 Å². The molecule has 0 saturated heterocycles. The Morgan fingerprint density at radius 2 is 2.12 bits per heavy atom. The second-order valence-corrected chi connectivity index (χ2v) is 3.55. The number of aliphatic imine (C=N–C) groups is 1. The fourth-order valence-corrected chi connectivity index (χ4v) is 1.71. The first-order valence-corrected chi connectivity index (χ1v) is 4.99. The van der Waals surface area contributed by atoms with E-state index in [0.717, 1.165) is 17.4 Å². The minimum atomic E-state index is -0.221. The maximum Gasteiger partial charge on any atom is 0.248 e. The Bertz CT molecular complexity index is 587. The van der Waals surface area contributed by atoms with Gasteiger partial charge in [-0.05, 0) is 30.8 Å². The summed E-state index contributed by atoms with van der Waals surface area (Å²) in [6.45, 7) is 4.05. The second-order valence-electron chi connectivity index (χ2n) is 3.55. The van der Waals surface area contributed by atoms with E-state index in [2.05, 4.69) is 16.7 Å². The van der Waals surface area contributed by atoms with Crippen LogP contribution in [0.3, 0.4) is 0 Å². The molecule has 0 aliphatic heterocycles. The molecule has 16 heavy (non-hydrogen) atoms. The average molecular weight is 216 g/mol. The van der Waals surface area contributed by atoms with E-state index in [9.17, 15) is 9.90 Å². The molecule has 0 aliphatic rings. The lowest BCUT2D eigenvalue weighted by molar-refractivity contribution is 0.480. The first-order chi connectivity index (χ1) is 7.72. The topological polar surface area (TPSA) is 65.5 Å². The summed E-state index contributed by atoms with van der Waals surface area (Å²) < 4.78 is 0. The Balaban J connectivity index is 2.64. The molecule has 0 unspecified atom stereocenters. The fourth-order valence-electron chi connectivity index (χ4n) is 1.71. The predicted molar refractivity (Wildman–Crippen MR) is 64.4 cm³/mol. The van der Waals surface area contributed by atoms with Gasteiger partial charge in [0.1, 0.15) is 5.75 Å². The van der Waals surface area contributed by atoms with Crippen LogP contribution < -0.4 is 5.56 Å². The van der Waals surface area contributed by atoms with E-state index in [1.807, 2.05) is 6.07 Å². The molecule has 1 heterocycles. The highest BCUT2D eigenvalue weighted by Gasteiger charge is 2.05. The molecule has 0 fully saturated rings. The number of nitrogens with zero attached hydrogens (tertiary/aromatic N) is 1. The zero-order chi connectivity index (χ0) is 11.5. The third-order valence-electron chi connectivity index (χ3n) is 2.50. The quantitative estimate of drug-likeness (QED) is 0.763. The van der Waals surface area contributed by atoms with Crippen molar-refractivity contribution in [3.05, 3.63) is 40.2 Å². The van der Waals surface area contributed by atoms with Gasteiger partial charge in [0.2, 0.25) is 5.56 Å². The first kappa shape index (κ1) is 10.4. The van der Waals surface area contributed by atoms with Crippen molar-refractivity contribution in [2.45, 2.75) is 6.42 Å². The zero-order valence-electron chi connectivity index (χ0n) is 8.73. The van der Waals surface area contributed by atoms with Gasteiger partial charge < -0.3 is 15.1 Å². The molecule has 2 aromatic rings. The van der Waals surface area contributed by atoms with Crippen molar-refractivity contribution in [3.63, 3.8) is 0 Å². The maximum absolute atomic E-state index is 11.2. The van der Waals surface area contributed by atoms with Gasteiger partial charge in [-0.15, -0.1) is 0 Å². The summed E-state index contributed by atoms with van der Waals surface area (Å²) in [7, 11) is 0. The number of phenols is 1. The largest absolute Gasteiger partial charge is 0.506 e. The number of fused-ring (bicyclic) bond motifs is 1.